The molecular weight excluding hydrogens is 451 g/mol. The van der Waals surface area contributed by atoms with Crippen molar-refractivity contribution in [2.75, 3.05) is 31.6 Å². The maximum atomic E-state index is 12.8. The molecule has 0 unspecified atom stereocenters. The molecule has 0 bridgehead atoms. The average Bonchev–Trinajstić information content (AvgIpc) is 3.25. The number of ether oxygens (including phenoxy) is 2. The van der Waals surface area contributed by atoms with Crippen molar-refractivity contribution in [3.8, 4) is 11.5 Å². The summed E-state index contributed by atoms with van der Waals surface area (Å²) >= 11 is 12.4. The number of sulfonamides is 1. The van der Waals surface area contributed by atoms with Crippen LogP contribution in [0.5, 0.6) is 11.5 Å². The normalized spacial score (nSPS) is 16.5. The van der Waals surface area contributed by atoms with Crippen molar-refractivity contribution in [2.45, 2.75) is 24.2 Å². The second-order valence-electron chi connectivity index (χ2n) is 7.08. The van der Waals surface area contributed by atoms with Crippen LogP contribution in [0.1, 0.15) is 18.4 Å². The first-order chi connectivity index (χ1) is 14.3. The highest BCUT2D eigenvalue weighted by Crippen LogP contribution is 2.38. The maximum absolute atomic E-state index is 12.8. The first-order valence-electron chi connectivity index (χ1n) is 9.52. The molecule has 160 valence electrons. The van der Waals surface area contributed by atoms with Crippen LogP contribution in [0.2, 0.25) is 10.0 Å². The Morgan fingerprint density at radius 1 is 1.03 bits per heavy atom. The van der Waals surface area contributed by atoms with Crippen LogP contribution in [0.25, 0.3) is 0 Å². The van der Waals surface area contributed by atoms with Crippen LogP contribution in [0.4, 0.5) is 5.69 Å². The van der Waals surface area contributed by atoms with Gasteiger partial charge in [0.25, 0.3) is 0 Å². The van der Waals surface area contributed by atoms with Crippen molar-refractivity contribution in [3.63, 3.8) is 0 Å². The maximum Gasteiger partial charge on any atom is 0.244 e. The van der Waals surface area contributed by atoms with Gasteiger partial charge in [-0.1, -0.05) is 23.2 Å². The summed E-state index contributed by atoms with van der Waals surface area (Å²) in [5, 5.41) is 3.22. The van der Waals surface area contributed by atoms with E-state index in [1.165, 1.54) is 16.4 Å². The predicted molar refractivity (Wildman–Crippen MR) is 114 cm³/mol. The number of fused-ring (bicyclic) bond motifs is 1. The van der Waals surface area contributed by atoms with E-state index in [4.69, 9.17) is 32.7 Å². The Kier molecular flexibility index (Phi) is 6.11. The first-order valence-corrected chi connectivity index (χ1v) is 11.7. The molecule has 7 nitrogen and oxygen atoms in total. The fraction of sp³-hybridized carbons (Fsp3) is 0.350. The smallest absolute Gasteiger partial charge is 0.244 e. The van der Waals surface area contributed by atoms with Gasteiger partial charge in [0.1, 0.15) is 18.1 Å². The fourth-order valence-corrected chi connectivity index (χ4v) is 5.81. The standard InChI is InChI=1S/C20H20Cl2N2O5S/c21-15-4-3-14(12-18(15)30(26,27)24-5-1-2-6-24)23-19(25)11-13-9-16(22)20-17(10-13)28-7-8-29-20/h3-4,9-10,12H,1-2,5-8,11H2,(H,23,25). The summed E-state index contributed by atoms with van der Waals surface area (Å²) in [6.45, 7) is 1.78. The monoisotopic (exact) mass is 470 g/mol. The molecule has 2 heterocycles. The molecule has 2 aliphatic rings. The number of hydrogen-bond acceptors (Lipinski definition) is 5. The summed E-state index contributed by atoms with van der Waals surface area (Å²) in [7, 11) is -3.70. The molecule has 4 rings (SSSR count). The van der Waals surface area contributed by atoms with Crippen LogP contribution in [0, 0.1) is 0 Å². The molecule has 0 aliphatic carbocycles. The Bertz CT molecular complexity index is 1080. The molecule has 0 saturated carbocycles. The van der Waals surface area contributed by atoms with Gasteiger partial charge in [0.2, 0.25) is 15.9 Å². The highest BCUT2D eigenvalue weighted by atomic mass is 35.5. The van der Waals surface area contributed by atoms with E-state index < -0.39 is 10.0 Å². The largest absolute Gasteiger partial charge is 0.486 e. The zero-order valence-electron chi connectivity index (χ0n) is 16.0. The van der Waals surface area contributed by atoms with Gasteiger partial charge in [0.05, 0.1) is 16.5 Å². The van der Waals surface area contributed by atoms with E-state index in [0.717, 1.165) is 12.8 Å². The van der Waals surface area contributed by atoms with E-state index in [0.29, 0.717) is 54.1 Å². The quantitative estimate of drug-likeness (QED) is 0.719. The number of hydrogen-bond donors (Lipinski definition) is 1. The summed E-state index contributed by atoms with van der Waals surface area (Å²) in [5.74, 6) is 0.651. The topological polar surface area (TPSA) is 84.9 Å². The molecule has 1 saturated heterocycles. The van der Waals surface area contributed by atoms with Gasteiger partial charge in [0.15, 0.2) is 11.5 Å². The van der Waals surface area contributed by atoms with Crippen LogP contribution >= 0.6 is 23.2 Å². The van der Waals surface area contributed by atoms with Gasteiger partial charge in [-0.2, -0.15) is 4.31 Å². The number of benzene rings is 2. The highest BCUT2D eigenvalue weighted by molar-refractivity contribution is 7.89. The molecular formula is C20H20Cl2N2O5S. The third kappa shape index (κ3) is 4.37. The van der Waals surface area contributed by atoms with Gasteiger partial charge >= 0.3 is 0 Å². The second-order valence-corrected chi connectivity index (χ2v) is 9.80. The van der Waals surface area contributed by atoms with Gasteiger partial charge in [0, 0.05) is 18.8 Å². The van der Waals surface area contributed by atoms with Crippen molar-refractivity contribution >= 4 is 44.8 Å². The Hall–Kier alpha value is -2.00. The molecule has 2 aromatic rings. The van der Waals surface area contributed by atoms with Gasteiger partial charge in [-0.15, -0.1) is 0 Å². The molecule has 0 atom stereocenters. The number of carbonyl (C=O) groups is 1. The zero-order chi connectivity index (χ0) is 21.3. The summed E-state index contributed by atoms with van der Waals surface area (Å²) < 4.78 is 38.1. The van der Waals surface area contributed by atoms with Crippen LogP contribution in [-0.4, -0.2) is 44.9 Å². The number of anilines is 1. The number of rotatable bonds is 5. The van der Waals surface area contributed by atoms with E-state index in [1.807, 2.05) is 0 Å². The molecule has 1 fully saturated rings. The van der Waals surface area contributed by atoms with Crippen LogP contribution < -0.4 is 14.8 Å². The highest BCUT2D eigenvalue weighted by Gasteiger charge is 2.29. The van der Waals surface area contributed by atoms with E-state index in [-0.39, 0.29) is 22.2 Å². The third-order valence-corrected chi connectivity index (χ3v) is 7.58. The minimum Gasteiger partial charge on any atom is -0.486 e. The van der Waals surface area contributed by atoms with Crippen LogP contribution in [0.3, 0.4) is 0 Å². The van der Waals surface area contributed by atoms with E-state index in [1.54, 1.807) is 18.2 Å². The van der Waals surface area contributed by atoms with Crippen molar-refractivity contribution in [3.05, 3.63) is 45.9 Å². The molecule has 0 radical (unpaired) electrons. The summed E-state index contributed by atoms with van der Waals surface area (Å²) in [6, 6.07) is 7.80. The number of carbonyl (C=O) groups excluding carboxylic acids is 1. The van der Waals surface area contributed by atoms with Crippen molar-refractivity contribution in [2.24, 2.45) is 0 Å². The lowest BCUT2D eigenvalue weighted by Gasteiger charge is -2.20. The number of nitrogens with zero attached hydrogens (tertiary/aromatic N) is 1. The summed E-state index contributed by atoms with van der Waals surface area (Å²) in [4.78, 5) is 12.5. The molecule has 0 aromatic heterocycles. The van der Waals surface area contributed by atoms with Gasteiger partial charge in [-0.25, -0.2) is 8.42 Å². The molecule has 2 aliphatic heterocycles. The van der Waals surface area contributed by atoms with Crippen LogP contribution in [-0.2, 0) is 21.2 Å². The summed E-state index contributed by atoms with van der Waals surface area (Å²) in [5.41, 5.74) is 1.01. The molecule has 10 heteroatoms. The van der Waals surface area contributed by atoms with E-state index in [9.17, 15) is 13.2 Å². The van der Waals surface area contributed by atoms with Crippen LogP contribution in [0.15, 0.2) is 35.2 Å². The lowest BCUT2D eigenvalue weighted by Crippen LogP contribution is -2.28. The number of halogens is 2. The average molecular weight is 471 g/mol. The molecule has 0 spiro atoms. The first kappa shape index (κ1) is 21.2. The Balaban J connectivity index is 1.51. The van der Waals surface area contributed by atoms with E-state index >= 15 is 0 Å². The Labute approximate surface area is 184 Å². The Morgan fingerprint density at radius 2 is 1.77 bits per heavy atom. The lowest BCUT2D eigenvalue weighted by molar-refractivity contribution is -0.115. The number of nitrogens with one attached hydrogen (secondary N) is 1. The number of amides is 1. The molecule has 2 aromatic carbocycles. The van der Waals surface area contributed by atoms with Crippen molar-refractivity contribution in [1.82, 2.24) is 4.31 Å². The van der Waals surface area contributed by atoms with Crippen molar-refractivity contribution in [1.29, 1.82) is 0 Å². The fourth-order valence-electron chi connectivity index (χ4n) is 3.50. The summed E-state index contributed by atoms with van der Waals surface area (Å²) in [6.07, 6.45) is 1.68. The van der Waals surface area contributed by atoms with Gasteiger partial charge < -0.3 is 14.8 Å². The Morgan fingerprint density at radius 3 is 2.53 bits per heavy atom. The SMILES string of the molecule is O=C(Cc1cc(Cl)c2c(c1)OCCO2)Nc1ccc(Cl)c(S(=O)(=O)N2CCCC2)c1. The van der Waals surface area contributed by atoms with Crippen molar-refractivity contribution < 1.29 is 22.7 Å². The predicted octanol–water partition coefficient (Wildman–Crippen LogP) is 3.73. The molecule has 1 amide bonds. The van der Waals surface area contributed by atoms with E-state index in [2.05, 4.69) is 5.32 Å². The zero-order valence-corrected chi connectivity index (χ0v) is 18.3. The second kappa shape index (κ2) is 8.63. The minimum atomic E-state index is -3.70. The van der Waals surface area contributed by atoms with Gasteiger partial charge in [-0.3, -0.25) is 4.79 Å². The third-order valence-electron chi connectivity index (χ3n) is 4.92. The van der Waals surface area contributed by atoms with Gasteiger partial charge in [-0.05, 0) is 48.7 Å². The molecule has 1 N–H and O–H groups in total. The minimum absolute atomic E-state index is 0.00811. The lowest BCUT2D eigenvalue weighted by atomic mass is 10.1. The molecule has 30 heavy (non-hydrogen) atoms.